The summed E-state index contributed by atoms with van der Waals surface area (Å²) in [6.45, 7) is 1.95. The van der Waals surface area contributed by atoms with Gasteiger partial charge in [-0.25, -0.2) is 0 Å². The molecule has 2 unspecified atom stereocenters. The summed E-state index contributed by atoms with van der Waals surface area (Å²) in [5, 5.41) is 0.808. The molecule has 1 aromatic carbocycles. The molecular formula is C16H19BrClNO. The van der Waals surface area contributed by atoms with Crippen LogP contribution in [0.15, 0.2) is 22.7 Å². The fourth-order valence-electron chi connectivity index (χ4n) is 3.62. The van der Waals surface area contributed by atoms with Gasteiger partial charge in [0.05, 0.1) is 0 Å². The molecule has 1 saturated carbocycles. The van der Waals surface area contributed by atoms with Gasteiger partial charge in [-0.15, -0.1) is 0 Å². The number of carbonyl (C=O) groups excluding carboxylic acids is 1. The zero-order valence-electron chi connectivity index (χ0n) is 11.4. The number of carbonyl (C=O) groups is 1. The Balaban J connectivity index is 1.74. The van der Waals surface area contributed by atoms with Gasteiger partial charge >= 0.3 is 0 Å². The van der Waals surface area contributed by atoms with Gasteiger partial charge < -0.3 is 0 Å². The highest BCUT2D eigenvalue weighted by Gasteiger charge is 2.37. The van der Waals surface area contributed by atoms with Gasteiger partial charge in [0.2, 0.25) is 0 Å². The fourth-order valence-corrected chi connectivity index (χ4v) is 4.36. The molecule has 1 aliphatic carbocycles. The zero-order chi connectivity index (χ0) is 14.1. The molecule has 0 N–H and O–H groups in total. The van der Waals surface area contributed by atoms with Crippen LogP contribution in [0.25, 0.3) is 0 Å². The summed E-state index contributed by atoms with van der Waals surface area (Å²) >= 11 is 9.76. The van der Waals surface area contributed by atoms with Gasteiger partial charge in [0, 0.05) is 34.4 Å². The molecule has 1 aromatic rings. The summed E-state index contributed by atoms with van der Waals surface area (Å²) in [5.41, 5.74) is 1.16. The van der Waals surface area contributed by atoms with Crippen LogP contribution in [0.1, 0.15) is 37.7 Å². The van der Waals surface area contributed by atoms with Crippen molar-refractivity contribution in [3.05, 3.63) is 33.3 Å². The first-order valence-corrected chi connectivity index (χ1v) is 8.53. The standard InChI is InChI=1S/C16H19BrClNO/c17-12-7-6-11(14(18)9-12)10-19-8-2-4-15(19)13-3-1-5-16(13)20/h6-7,9,13,15H,1-5,8,10H2. The van der Waals surface area contributed by atoms with Crippen molar-refractivity contribution in [1.82, 2.24) is 4.90 Å². The molecule has 2 aliphatic rings. The maximum Gasteiger partial charge on any atom is 0.137 e. The first kappa shape index (κ1) is 14.6. The molecule has 3 rings (SSSR count). The van der Waals surface area contributed by atoms with Crippen LogP contribution in [0.3, 0.4) is 0 Å². The van der Waals surface area contributed by atoms with Gasteiger partial charge in [-0.1, -0.05) is 33.6 Å². The van der Waals surface area contributed by atoms with Gasteiger partial charge in [-0.05, 0) is 49.9 Å². The Labute approximate surface area is 133 Å². The number of likely N-dealkylation sites (tertiary alicyclic amines) is 1. The summed E-state index contributed by atoms with van der Waals surface area (Å²) in [5.74, 6) is 0.746. The summed E-state index contributed by atoms with van der Waals surface area (Å²) in [4.78, 5) is 14.5. The van der Waals surface area contributed by atoms with Gasteiger partial charge in [0.25, 0.3) is 0 Å². The van der Waals surface area contributed by atoms with Gasteiger partial charge in [-0.2, -0.15) is 0 Å². The quantitative estimate of drug-likeness (QED) is 0.798. The van der Waals surface area contributed by atoms with E-state index in [-0.39, 0.29) is 5.92 Å². The van der Waals surface area contributed by atoms with E-state index in [9.17, 15) is 4.79 Å². The molecule has 4 heteroatoms. The van der Waals surface area contributed by atoms with E-state index < -0.39 is 0 Å². The summed E-state index contributed by atoms with van der Waals surface area (Å²) < 4.78 is 1.01. The third-order valence-electron chi connectivity index (χ3n) is 4.62. The second kappa shape index (κ2) is 6.17. The smallest absolute Gasteiger partial charge is 0.137 e. The topological polar surface area (TPSA) is 20.3 Å². The molecule has 1 heterocycles. The van der Waals surface area contributed by atoms with Crippen molar-refractivity contribution < 1.29 is 4.79 Å². The fraction of sp³-hybridized carbons (Fsp3) is 0.562. The number of hydrogen-bond donors (Lipinski definition) is 0. The second-order valence-electron chi connectivity index (χ2n) is 5.88. The van der Waals surface area contributed by atoms with E-state index in [4.69, 9.17) is 11.6 Å². The van der Waals surface area contributed by atoms with Gasteiger partial charge in [0.1, 0.15) is 5.78 Å². The largest absolute Gasteiger partial charge is 0.299 e. The number of Topliss-reactive ketones (excluding diaryl/α,β-unsaturated/α-hetero) is 1. The Hall–Kier alpha value is -0.380. The highest BCUT2D eigenvalue weighted by Crippen LogP contribution is 2.35. The maximum absolute atomic E-state index is 12.0. The molecule has 0 radical (unpaired) electrons. The average molecular weight is 357 g/mol. The van der Waals surface area contributed by atoms with Crippen molar-refractivity contribution in [2.45, 2.75) is 44.7 Å². The SMILES string of the molecule is O=C1CCCC1C1CCCN1Cc1ccc(Br)cc1Cl. The number of nitrogens with zero attached hydrogens (tertiary/aromatic N) is 1. The second-order valence-corrected chi connectivity index (χ2v) is 7.20. The minimum absolute atomic E-state index is 0.270. The first-order valence-electron chi connectivity index (χ1n) is 7.36. The van der Waals surface area contributed by atoms with E-state index in [2.05, 4.69) is 26.9 Å². The third kappa shape index (κ3) is 2.95. The van der Waals surface area contributed by atoms with E-state index in [0.29, 0.717) is 11.8 Å². The van der Waals surface area contributed by atoms with Crippen molar-refractivity contribution in [3.63, 3.8) is 0 Å². The van der Waals surface area contributed by atoms with Crippen molar-refractivity contribution in [2.75, 3.05) is 6.54 Å². The Morgan fingerprint density at radius 1 is 1.30 bits per heavy atom. The molecule has 1 aliphatic heterocycles. The van der Waals surface area contributed by atoms with Crippen LogP contribution < -0.4 is 0 Å². The Bertz CT molecular complexity index is 519. The molecule has 2 atom stereocenters. The predicted molar refractivity (Wildman–Crippen MR) is 84.9 cm³/mol. The number of benzene rings is 1. The van der Waals surface area contributed by atoms with Crippen molar-refractivity contribution in [2.24, 2.45) is 5.92 Å². The highest BCUT2D eigenvalue weighted by molar-refractivity contribution is 9.10. The number of rotatable bonds is 3. The van der Waals surface area contributed by atoms with E-state index in [1.807, 2.05) is 12.1 Å². The van der Waals surface area contributed by atoms with Gasteiger partial charge in [0.15, 0.2) is 0 Å². The lowest BCUT2D eigenvalue weighted by molar-refractivity contribution is -0.122. The molecular weight excluding hydrogens is 338 g/mol. The molecule has 0 spiro atoms. The van der Waals surface area contributed by atoms with Crippen LogP contribution in [0.4, 0.5) is 0 Å². The highest BCUT2D eigenvalue weighted by atomic mass is 79.9. The minimum Gasteiger partial charge on any atom is -0.299 e. The summed E-state index contributed by atoms with van der Waals surface area (Å²) in [6, 6.07) is 6.50. The number of hydrogen-bond acceptors (Lipinski definition) is 2. The molecule has 0 amide bonds. The van der Waals surface area contributed by atoms with Crippen LogP contribution in [-0.2, 0) is 11.3 Å². The average Bonchev–Trinajstić information content (AvgIpc) is 3.01. The Morgan fingerprint density at radius 3 is 2.85 bits per heavy atom. The molecule has 108 valence electrons. The monoisotopic (exact) mass is 355 g/mol. The Morgan fingerprint density at radius 2 is 2.15 bits per heavy atom. The van der Waals surface area contributed by atoms with Crippen molar-refractivity contribution in [3.8, 4) is 0 Å². The number of ketones is 1. The lowest BCUT2D eigenvalue weighted by Gasteiger charge is -2.28. The van der Waals surface area contributed by atoms with Crippen LogP contribution in [0, 0.1) is 5.92 Å². The van der Waals surface area contributed by atoms with Crippen molar-refractivity contribution >= 4 is 33.3 Å². The molecule has 0 aromatic heterocycles. The van der Waals surface area contributed by atoms with Gasteiger partial charge in [-0.3, -0.25) is 9.69 Å². The lowest BCUT2D eigenvalue weighted by atomic mass is 9.95. The van der Waals surface area contributed by atoms with E-state index >= 15 is 0 Å². The minimum atomic E-state index is 0.270. The van der Waals surface area contributed by atoms with Crippen LogP contribution >= 0.6 is 27.5 Å². The van der Waals surface area contributed by atoms with Crippen molar-refractivity contribution in [1.29, 1.82) is 0 Å². The molecule has 1 saturated heterocycles. The normalized spacial score (nSPS) is 27.4. The van der Waals surface area contributed by atoms with E-state index in [1.165, 1.54) is 6.42 Å². The van der Waals surface area contributed by atoms with Crippen LogP contribution in [0.5, 0.6) is 0 Å². The Kier molecular flexibility index (Phi) is 4.49. The van der Waals surface area contributed by atoms with Crippen LogP contribution in [0.2, 0.25) is 5.02 Å². The summed E-state index contributed by atoms with van der Waals surface area (Å²) in [6.07, 6.45) is 5.29. The first-order chi connectivity index (χ1) is 9.65. The van der Waals surface area contributed by atoms with E-state index in [1.54, 1.807) is 0 Å². The van der Waals surface area contributed by atoms with E-state index in [0.717, 1.165) is 53.8 Å². The third-order valence-corrected chi connectivity index (χ3v) is 5.46. The molecule has 2 nitrogen and oxygen atoms in total. The maximum atomic E-state index is 12.0. The lowest BCUT2D eigenvalue weighted by Crippen LogP contribution is -2.37. The molecule has 2 fully saturated rings. The molecule has 0 bridgehead atoms. The summed E-state index contributed by atoms with van der Waals surface area (Å²) in [7, 11) is 0. The predicted octanol–water partition coefficient (Wildman–Crippen LogP) is 4.44. The molecule has 20 heavy (non-hydrogen) atoms. The number of halogens is 2. The van der Waals surface area contributed by atoms with Crippen LogP contribution in [-0.4, -0.2) is 23.3 Å². The zero-order valence-corrected chi connectivity index (χ0v) is 13.8.